The third-order valence-corrected chi connectivity index (χ3v) is 4.59. The van der Waals surface area contributed by atoms with Gasteiger partial charge >= 0.3 is 0 Å². The van der Waals surface area contributed by atoms with Crippen molar-refractivity contribution >= 4 is 23.1 Å². The number of benzene rings is 2. The van der Waals surface area contributed by atoms with Gasteiger partial charge in [-0.05, 0) is 43.0 Å². The molecule has 1 N–H and O–H groups in total. The average molecular weight is 284 g/mol. The lowest BCUT2D eigenvalue weighted by molar-refractivity contribution is 0.641. The molecule has 0 amide bonds. The largest absolute Gasteiger partial charge is 0.381 e. The molecular weight excluding hydrogens is 264 g/mol. The molecule has 0 saturated carbocycles. The van der Waals surface area contributed by atoms with E-state index in [0.717, 1.165) is 13.1 Å². The Kier molecular flexibility index (Phi) is 3.88. The number of thioether (sulfide) groups is 1. The van der Waals surface area contributed by atoms with Crippen molar-refractivity contribution in [3.05, 3.63) is 54.1 Å². The van der Waals surface area contributed by atoms with Crippen LogP contribution in [0.1, 0.15) is 12.5 Å². The van der Waals surface area contributed by atoms with Crippen LogP contribution in [0.5, 0.6) is 0 Å². The molecule has 0 spiro atoms. The lowest BCUT2D eigenvalue weighted by Crippen LogP contribution is -2.41. The van der Waals surface area contributed by atoms with Gasteiger partial charge in [-0.25, -0.2) is 0 Å². The van der Waals surface area contributed by atoms with E-state index in [1.165, 1.54) is 21.8 Å². The van der Waals surface area contributed by atoms with Gasteiger partial charge in [0, 0.05) is 24.0 Å². The maximum absolute atomic E-state index is 3.50. The lowest BCUT2D eigenvalue weighted by atomic mass is 10.1. The van der Waals surface area contributed by atoms with Gasteiger partial charge in [-0.2, -0.15) is 0 Å². The minimum atomic E-state index is 0.505. The average Bonchev–Trinajstić information content (AvgIpc) is 2.51. The van der Waals surface area contributed by atoms with Crippen LogP contribution in [0.4, 0.5) is 11.4 Å². The fourth-order valence-electron chi connectivity index (χ4n) is 2.65. The van der Waals surface area contributed by atoms with E-state index in [9.17, 15) is 0 Å². The van der Waals surface area contributed by atoms with Crippen molar-refractivity contribution in [2.45, 2.75) is 24.4 Å². The topological polar surface area (TPSA) is 15.3 Å². The van der Waals surface area contributed by atoms with Crippen LogP contribution in [-0.4, -0.2) is 18.8 Å². The summed E-state index contributed by atoms with van der Waals surface area (Å²) in [6.07, 6.45) is 2.11. The van der Waals surface area contributed by atoms with Crippen molar-refractivity contribution in [3.8, 4) is 0 Å². The zero-order valence-electron chi connectivity index (χ0n) is 12.0. The fourth-order valence-corrected chi connectivity index (χ4v) is 3.06. The second kappa shape index (κ2) is 5.80. The molecule has 2 aromatic carbocycles. The second-order valence-corrected chi connectivity index (χ2v) is 6.10. The second-order valence-electron chi connectivity index (χ2n) is 5.22. The van der Waals surface area contributed by atoms with Gasteiger partial charge in [0.05, 0.1) is 11.4 Å². The summed E-state index contributed by atoms with van der Waals surface area (Å²) in [6, 6.07) is 18.0. The molecule has 0 fully saturated rings. The summed E-state index contributed by atoms with van der Waals surface area (Å²) in [5.41, 5.74) is 3.91. The predicted octanol–water partition coefficient (Wildman–Crippen LogP) is 4.23. The van der Waals surface area contributed by atoms with Gasteiger partial charge in [0.2, 0.25) is 0 Å². The molecule has 1 aliphatic rings. The SMILES string of the molecule is CSc1ccc(CN2c3ccccc3NCC2C)cc1. The van der Waals surface area contributed by atoms with E-state index in [1.807, 2.05) is 0 Å². The quantitative estimate of drug-likeness (QED) is 0.849. The van der Waals surface area contributed by atoms with Gasteiger partial charge < -0.3 is 10.2 Å². The molecule has 3 rings (SSSR count). The first-order valence-corrected chi connectivity index (χ1v) is 8.23. The van der Waals surface area contributed by atoms with E-state index >= 15 is 0 Å². The van der Waals surface area contributed by atoms with Crippen molar-refractivity contribution in [1.82, 2.24) is 0 Å². The van der Waals surface area contributed by atoms with Crippen LogP contribution in [0.25, 0.3) is 0 Å². The predicted molar refractivity (Wildman–Crippen MR) is 88.8 cm³/mol. The highest BCUT2D eigenvalue weighted by atomic mass is 32.2. The maximum Gasteiger partial charge on any atom is 0.0608 e. The summed E-state index contributed by atoms with van der Waals surface area (Å²) in [4.78, 5) is 3.81. The van der Waals surface area contributed by atoms with Gasteiger partial charge in [-0.1, -0.05) is 24.3 Å². The Labute approximate surface area is 125 Å². The van der Waals surface area contributed by atoms with E-state index in [1.54, 1.807) is 11.8 Å². The van der Waals surface area contributed by atoms with Gasteiger partial charge in [0.15, 0.2) is 0 Å². The Hall–Kier alpha value is -1.61. The molecule has 0 radical (unpaired) electrons. The van der Waals surface area contributed by atoms with Crippen molar-refractivity contribution < 1.29 is 0 Å². The first kappa shape index (κ1) is 13.4. The van der Waals surface area contributed by atoms with Crippen LogP contribution in [0.15, 0.2) is 53.4 Å². The summed E-state index contributed by atoms with van der Waals surface area (Å²) >= 11 is 1.79. The number of nitrogens with zero attached hydrogens (tertiary/aromatic N) is 1. The molecule has 2 aromatic rings. The lowest BCUT2D eigenvalue weighted by Gasteiger charge is -2.37. The minimum Gasteiger partial charge on any atom is -0.381 e. The van der Waals surface area contributed by atoms with Crippen LogP contribution in [0.2, 0.25) is 0 Å². The first-order valence-electron chi connectivity index (χ1n) is 7.00. The molecule has 104 valence electrons. The smallest absolute Gasteiger partial charge is 0.0608 e. The Morgan fingerprint density at radius 2 is 1.90 bits per heavy atom. The number of para-hydroxylation sites is 2. The Balaban J connectivity index is 1.85. The highest BCUT2D eigenvalue weighted by Crippen LogP contribution is 2.32. The Morgan fingerprint density at radius 1 is 1.15 bits per heavy atom. The summed E-state index contributed by atoms with van der Waals surface area (Å²) < 4.78 is 0. The van der Waals surface area contributed by atoms with E-state index < -0.39 is 0 Å². The number of fused-ring (bicyclic) bond motifs is 1. The molecule has 0 bridgehead atoms. The van der Waals surface area contributed by atoms with E-state index in [-0.39, 0.29) is 0 Å². The molecule has 2 nitrogen and oxygen atoms in total. The van der Waals surface area contributed by atoms with Crippen molar-refractivity contribution in [2.24, 2.45) is 0 Å². The molecule has 0 saturated heterocycles. The van der Waals surface area contributed by atoms with E-state index in [4.69, 9.17) is 0 Å². The summed E-state index contributed by atoms with van der Waals surface area (Å²) in [5, 5.41) is 3.50. The third-order valence-electron chi connectivity index (χ3n) is 3.85. The molecule has 0 aliphatic carbocycles. The molecule has 1 heterocycles. The van der Waals surface area contributed by atoms with Crippen LogP contribution in [0, 0.1) is 0 Å². The normalized spacial score (nSPS) is 17.5. The molecule has 0 aromatic heterocycles. The van der Waals surface area contributed by atoms with Crippen molar-refractivity contribution in [2.75, 3.05) is 23.0 Å². The van der Waals surface area contributed by atoms with Gasteiger partial charge in [0.25, 0.3) is 0 Å². The van der Waals surface area contributed by atoms with E-state index in [0.29, 0.717) is 6.04 Å². The molecule has 1 unspecified atom stereocenters. The standard InChI is InChI=1S/C17H20N2S/c1-13-11-18-16-5-3-4-6-17(16)19(13)12-14-7-9-15(20-2)10-8-14/h3-10,13,18H,11-12H2,1-2H3. The number of hydrogen-bond donors (Lipinski definition) is 1. The van der Waals surface area contributed by atoms with Crippen LogP contribution in [-0.2, 0) is 6.54 Å². The van der Waals surface area contributed by atoms with E-state index in [2.05, 4.69) is 71.9 Å². The molecule has 3 heteroatoms. The number of nitrogens with one attached hydrogen (secondary N) is 1. The van der Waals surface area contributed by atoms with Gasteiger partial charge in [0.1, 0.15) is 0 Å². The Bertz CT molecular complexity index is 580. The highest BCUT2D eigenvalue weighted by molar-refractivity contribution is 7.98. The minimum absolute atomic E-state index is 0.505. The molecule has 20 heavy (non-hydrogen) atoms. The molecule has 1 atom stereocenters. The number of hydrogen-bond acceptors (Lipinski definition) is 3. The third kappa shape index (κ3) is 2.63. The zero-order chi connectivity index (χ0) is 13.9. The van der Waals surface area contributed by atoms with Crippen LogP contribution >= 0.6 is 11.8 Å². The van der Waals surface area contributed by atoms with Crippen molar-refractivity contribution in [3.63, 3.8) is 0 Å². The summed E-state index contributed by atoms with van der Waals surface area (Å²) in [7, 11) is 0. The highest BCUT2D eigenvalue weighted by Gasteiger charge is 2.22. The first-order chi connectivity index (χ1) is 9.78. The molecular formula is C17H20N2S. The maximum atomic E-state index is 3.50. The summed E-state index contributed by atoms with van der Waals surface area (Å²) in [5.74, 6) is 0. The zero-order valence-corrected chi connectivity index (χ0v) is 12.8. The monoisotopic (exact) mass is 284 g/mol. The molecule has 1 aliphatic heterocycles. The number of anilines is 2. The Morgan fingerprint density at radius 3 is 2.65 bits per heavy atom. The van der Waals surface area contributed by atoms with Crippen LogP contribution in [0.3, 0.4) is 0 Å². The van der Waals surface area contributed by atoms with Gasteiger partial charge in [-0.3, -0.25) is 0 Å². The van der Waals surface area contributed by atoms with Gasteiger partial charge in [-0.15, -0.1) is 11.8 Å². The number of rotatable bonds is 3. The van der Waals surface area contributed by atoms with Crippen LogP contribution < -0.4 is 10.2 Å². The summed E-state index contributed by atoms with van der Waals surface area (Å²) in [6.45, 7) is 4.24. The van der Waals surface area contributed by atoms with Crippen molar-refractivity contribution in [1.29, 1.82) is 0 Å². The fraction of sp³-hybridized carbons (Fsp3) is 0.294.